The molecule has 0 aromatic heterocycles. The molecule has 0 aliphatic carbocycles. The summed E-state index contributed by atoms with van der Waals surface area (Å²) in [7, 11) is 1.60. The first kappa shape index (κ1) is 22.3. The van der Waals surface area contributed by atoms with Crippen LogP contribution in [0.3, 0.4) is 0 Å². The molecule has 0 amide bonds. The van der Waals surface area contributed by atoms with E-state index in [2.05, 4.69) is 4.90 Å². The zero-order valence-electron chi connectivity index (χ0n) is 17.3. The number of halogens is 1. The number of carbonyl (C=O) groups is 1. The monoisotopic (exact) mass is 429 g/mol. The van der Waals surface area contributed by atoms with Crippen LogP contribution < -0.4 is 9.47 Å². The Bertz CT molecular complexity index is 845. The molecule has 0 saturated carbocycles. The minimum atomic E-state index is -0.115. The van der Waals surface area contributed by atoms with E-state index in [4.69, 9.17) is 25.8 Å². The summed E-state index contributed by atoms with van der Waals surface area (Å²) in [5, 5.41) is 0.665. The highest BCUT2D eigenvalue weighted by atomic mass is 35.5. The largest absolute Gasteiger partial charge is 0.497 e. The number of morpholine rings is 1. The van der Waals surface area contributed by atoms with E-state index in [1.165, 1.54) is 0 Å². The second-order valence-electron chi connectivity index (χ2n) is 7.12. The van der Waals surface area contributed by atoms with Crippen molar-refractivity contribution in [1.82, 2.24) is 4.90 Å². The maximum atomic E-state index is 12.7. The lowest BCUT2D eigenvalue weighted by molar-refractivity contribution is 0.0368. The summed E-state index contributed by atoms with van der Waals surface area (Å²) < 4.78 is 16.6. The number of carbonyl (C=O) groups excluding carboxylic acids is 1. The third-order valence-corrected chi connectivity index (χ3v) is 5.23. The number of unbranched alkanes of at least 4 members (excludes halogenated alkanes) is 1. The van der Waals surface area contributed by atoms with Gasteiger partial charge in [-0.25, -0.2) is 0 Å². The van der Waals surface area contributed by atoms with Gasteiger partial charge in [-0.05, 0) is 55.3 Å². The predicted molar refractivity (Wildman–Crippen MR) is 120 cm³/mol. The van der Waals surface area contributed by atoms with E-state index in [-0.39, 0.29) is 5.78 Å². The van der Waals surface area contributed by atoms with Gasteiger partial charge in [-0.15, -0.1) is 0 Å². The van der Waals surface area contributed by atoms with E-state index in [1.807, 2.05) is 12.1 Å². The van der Waals surface area contributed by atoms with E-state index < -0.39 is 0 Å². The van der Waals surface area contributed by atoms with Crippen LogP contribution in [0.2, 0.25) is 5.02 Å². The number of hydrogen-bond donors (Lipinski definition) is 0. The standard InChI is InChI=1S/C24H28ClNO4/c1-28-21-9-10-22(23(27)11-6-19-4-7-20(25)8-5-19)24(18-21)30-15-3-2-12-26-13-16-29-17-14-26/h4-11,18H,2-3,12-17H2,1H3. The van der Waals surface area contributed by atoms with E-state index in [0.717, 1.165) is 51.3 Å². The number of ketones is 1. The lowest BCUT2D eigenvalue weighted by Gasteiger charge is -2.26. The number of hydrogen-bond acceptors (Lipinski definition) is 5. The number of benzene rings is 2. The summed E-state index contributed by atoms with van der Waals surface area (Å²) in [6, 6.07) is 12.6. The molecule has 0 unspecified atom stereocenters. The summed E-state index contributed by atoms with van der Waals surface area (Å²) in [5.41, 5.74) is 1.43. The zero-order valence-corrected chi connectivity index (χ0v) is 18.1. The Hall–Kier alpha value is -2.34. The van der Waals surface area contributed by atoms with Gasteiger partial charge in [-0.1, -0.05) is 29.8 Å². The molecular weight excluding hydrogens is 402 g/mol. The first-order chi connectivity index (χ1) is 14.7. The smallest absolute Gasteiger partial charge is 0.189 e. The zero-order chi connectivity index (χ0) is 21.2. The molecule has 5 nitrogen and oxygen atoms in total. The van der Waals surface area contributed by atoms with Crippen molar-refractivity contribution in [3.63, 3.8) is 0 Å². The van der Waals surface area contributed by atoms with Crippen LogP contribution in [-0.2, 0) is 4.74 Å². The van der Waals surface area contributed by atoms with Crippen LogP contribution in [-0.4, -0.2) is 57.2 Å². The topological polar surface area (TPSA) is 48.0 Å². The second-order valence-corrected chi connectivity index (χ2v) is 7.56. The van der Waals surface area contributed by atoms with E-state index in [0.29, 0.717) is 28.7 Å². The van der Waals surface area contributed by atoms with Crippen molar-refractivity contribution in [2.24, 2.45) is 0 Å². The maximum absolute atomic E-state index is 12.7. The SMILES string of the molecule is COc1ccc(C(=O)C=Cc2ccc(Cl)cc2)c(OCCCCN2CCOCC2)c1. The molecule has 0 spiro atoms. The normalized spacial score (nSPS) is 14.7. The highest BCUT2D eigenvalue weighted by molar-refractivity contribution is 6.30. The van der Waals surface area contributed by atoms with Crippen molar-refractivity contribution in [1.29, 1.82) is 0 Å². The van der Waals surface area contributed by atoms with Crippen LogP contribution in [0.4, 0.5) is 0 Å². The Morgan fingerprint density at radius 2 is 1.90 bits per heavy atom. The fourth-order valence-corrected chi connectivity index (χ4v) is 3.36. The lowest BCUT2D eigenvalue weighted by atomic mass is 10.1. The van der Waals surface area contributed by atoms with Gasteiger partial charge < -0.3 is 14.2 Å². The van der Waals surface area contributed by atoms with E-state index >= 15 is 0 Å². The summed E-state index contributed by atoms with van der Waals surface area (Å²) in [6.07, 6.45) is 5.29. The molecule has 30 heavy (non-hydrogen) atoms. The fourth-order valence-electron chi connectivity index (χ4n) is 3.23. The molecule has 1 heterocycles. The Labute approximate surface area is 183 Å². The number of rotatable bonds is 10. The molecule has 3 rings (SSSR count). The average Bonchev–Trinajstić information content (AvgIpc) is 2.79. The van der Waals surface area contributed by atoms with Crippen molar-refractivity contribution in [2.75, 3.05) is 46.6 Å². The van der Waals surface area contributed by atoms with Gasteiger partial charge in [0.1, 0.15) is 11.5 Å². The Morgan fingerprint density at radius 3 is 2.63 bits per heavy atom. The molecule has 0 radical (unpaired) electrons. The third kappa shape index (κ3) is 6.87. The van der Waals surface area contributed by atoms with Gasteiger partial charge in [-0.3, -0.25) is 9.69 Å². The third-order valence-electron chi connectivity index (χ3n) is 4.98. The molecule has 0 atom stereocenters. The summed E-state index contributed by atoms with van der Waals surface area (Å²) in [6.45, 7) is 5.22. The molecule has 0 N–H and O–H groups in total. The molecule has 2 aromatic rings. The molecule has 160 valence electrons. The van der Waals surface area contributed by atoms with Gasteiger partial charge in [-0.2, -0.15) is 0 Å². The van der Waals surface area contributed by atoms with E-state index in [9.17, 15) is 4.79 Å². The lowest BCUT2D eigenvalue weighted by Crippen LogP contribution is -2.36. The van der Waals surface area contributed by atoms with Gasteiger partial charge in [0, 0.05) is 24.2 Å². The predicted octanol–water partition coefficient (Wildman–Crippen LogP) is 4.74. The van der Waals surface area contributed by atoms with Crippen LogP contribution >= 0.6 is 11.6 Å². The van der Waals surface area contributed by atoms with E-state index in [1.54, 1.807) is 49.6 Å². The summed E-state index contributed by atoms with van der Waals surface area (Å²) >= 11 is 5.91. The summed E-state index contributed by atoms with van der Waals surface area (Å²) in [4.78, 5) is 15.2. The van der Waals surface area contributed by atoms with Gasteiger partial charge in [0.2, 0.25) is 0 Å². The molecule has 6 heteroatoms. The van der Waals surface area contributed by atoms with Crippen LogP contribution in [0.15, 0.2) is 48.5 Å². The van der Waals surface area contributed by atoms with Crippen molar-refractivity contribution < 1.29 is 19.0 Å². The molecule has 0 bridgehead atoms. The Kier molecular flexibility index (Phi) is 8.75. The maximum Gasteiger partial charge on any atom is 0.189 e. The van der Waals surface area contributed by atoms with Crippen molar-refractivity contribution in [3.05, 3.63) is 64.7 Å². The molecule has 1 saturated heterocycles. The van der Waals surface area contributed by atoms with Crippen LogP contribution in [0, 0.1) is 0 Å². The molecule has 1 aliphatic heterocycles. The van der Waals surface area contributed by atoms with Crippen molar-refractivity contribution in [2.45, 2.75) is 12.8 Å². The van der Waals surface area contributed by atoms with Crippen LogP contribution in [0.1, 0.15) is 28.8 Å². The van der Waals surface area contributed by atoms with Gasteiger partial charge in [0.15, 0.2) is 5.78 Å². The molecular formula is C24H28ClNO4. The highest BCUT2D eigenvalue weighted by Gasteiger charge is 2.13. The Balaban J connectivity index is 1.57. The van der Waals surface area contributed by atoms with Crippen LogP contribution in [0.5, 0.6) is 11.5 Å². The summed E-state index contributed by atoms with van der Waals surface area (Å²) in [5.74, 6) is 1.10. The van der Waals surface area contributed by atoms with Crippen molar-refractivity contribution in [3.8, 4) is 11.5 Å². The quantitative estimate of drug-likeness (QED) is 0.310. The van der Waals surface area contributed by atoms with Gasteiger partial charge in [0.05, 0.1) is 32.5 Å². The Morgan fingerprint density at radius 1 is 1.13 bits per heavy atom. The molecule has 2 aromatic carbocycles. The number of allylic oxidation sites excluding steroid dienone is 1. The first-order valence-electron chi connectivity index (χ1n) is 10.2. The fraction of sp³-hybridized carbons (Fsp3) is 0.375. The first-order valence-corrected chi connectivity index (χ1v) is 10.6. The van der Waals surface area contributed by atoms with Crippen LogP contribution in [0.25, 0.3) is 6.08 Å². The van der Waals surface area contributed by atoms with Crippen molar-refractivity contribution >= 4 is 23.5 Å². The number of nitrogens with zero attached hydrogens (tertiary/aromatic N) is 1. The minimum Gasteiger partial charge on any atom is -0.497 e. The number of methoxy groups -OCH3 is 1. The second kappa shape index (κ2) is 11.7. The average molecular weight is 430 g/mol. The number of ether oxygens (including phenoxy) is 3. The molecule has 1 fully saturated rings. The van der Waals surface area contributed by atoms with Gasteiger partial charge >= 0.3 is 0 Å². The van der Waals surface area contributed by atoms with Gasteiger partial charge in [0.25, 0.3) is 0 Å². The molecule has 1 aliphatic rings. The highest BCUT2D eigenvalue weighted by Crippen LogP contribution is 2.26. The minimum absolute atomic E-state index is 0.115.